The summed E-state index contributed by atoms with van der Waals surface area (Å²) in [7, 11) is 0. The van der Waals surface area contributed by atoms with Crippen molar-refractivity contribution in [3.05, 3.63) is 63.9 Å². The Balaban J connectivity index is 1.75. The van der Waals surface area contributed by atoms with Crippen LogP contribution in [0.4, 0.5) is 0 Å². The molecule has 0 radical (unpaired) electrons. The van der Waals surface area contributed by atoms with Gasteiger partial charge in [0.1, 0.15) is 0 Å². The Kier molecular flexibility index (Phi) is 5.65. The number of rotatable bonds is 6. The molecule has 1 aromatic carbocycles. The van der Waals surface area contributed by atoms with Crippen molar-refractivity contribution in [2.45, 2.75) is 11.9 Å². The molecule has 0 unspecified atom stereocenters. The van der Waals surface area contributed by atoms with E-state index in [0.717, 1.165) is 5.33 Å². The molecule has 0 aliphatic carbocycles. The zero-order valence-corrected chi connectivity index (χ0v) is 12.4. The molecule has 3 heteroatoms. The van der Waals surface area contributed by atoms with Crippen LogP contribution in [-0.4, -0.2) is 6.61 Å². The number of thiophene rings is 1. The van der Waals surface area contributed by atoms with Crippen molar-refractivity contribution >= 4 is 33.3 Å². The van der Waals surface area contributed by atoms with E-state index in [0.29, 0.717) is 13.2 Å². The maximum Gasteiger partial charge on any atom is 0.0721 e. The zero-order valence-electron chi connectivity index (χ0n) is 10.0. The molecule has 2 rings (SSSR count). The van der Waals surface area contributed by atoms with Gasteiger partial charge in [0.2, 0.25) is 0 Å². The third-order valence-electron chi connectivity index (χ3n) is 2.48. The quantitative estimate of drug-likeness (QED) is 0.544. The second kappa shape index (κ2) is 7.52. The fourth-order valence-corrected chi connectivity index (χ4v) is 2.58. The Morgan fingerprint density at radius 3 is 2.89 bits per heavy atom. The highest BCUT2D eigenvalue weighted by atomic mass is 79.9. The second-order valence-electron chi connectivity index (χ2n) is 3.93. The Hall–Kier alpha value is -0.900. The van der Waals surface area contributed by atoms with Crippen molar-refractivity contribution in [1.29, 1.82) is 0 Å². The minimum atomic E-state index is 0.647. The second-order valence-corrected chi connectivity index (χ2v) is 5.27. The van der Waals surface area contributed by atoms with Gasteiger partial charge in [0, 0.05) is 5.33 Å². The Morgan fingerprint density at radius 2 is 2.11 bits per heavy atom. The van der Waals surface area contributed by atoms with Crippen LogP contribution in [0.1, 0.15) is 16.7 Å². The lowest BCUT2D eigenvalue weighted by molar-refractivity contribution is 0.149. The van der Waals surface area contributed by atoms with E-state index in [1.54, 1.807) is 11.3 Å². The number of ether oxygens (including phenoxy) is 1. The van der Waals surface area contributed by atoms with Gasteiger partial charge in [-0.1, -0.05) is 52.3 Å². The van der Waals surface area contributed by atoms with Crippen molar-refractivity contribution < 1.29 is 4.74 Å². The van der Waals surface area contributed by atoms with Gasteiger partial charge in [-0.2, -0.15) is 11.3 Å². The van der Waals surface area contributed by atoms with E-state index in [4.69, 9.17) is 4.74 Å². The van der Waals surface area contributed by atoms with Crippen LogP contribution in [0.3, 0.4) is 0 Å². The van der Waals surface area contributed by atoms with Crippen LogP contribution in [-0.2, 0) is 16.7 Å². The predicted octanol–water partition coefficient (Wildman–Crippen LogP) is 4.87. The zero-order chi connectivity index (χ0) is 12.6. The lowest BCUT2D eigenvalue weighted by Gasteiger charge is -2.03. The number of alkyl halides is 1. The first-order valence-electron chi connectivity index (χ1n) is 5.79. The molecule has 0 saturated carbocycles. The van der Waals surface area contributed by atoms with Crippen molar-refractivity contribution in [2.75, 3.05) is 6.61 Å². The minimum Gasteiger partial charge on any atom is -0.373 e. The van der Waals surface area contributed by atoms with Crippen LogP contribution < -0.4 is 0 Å². The van der Waals surface area contributed by atoms with Gasteiger partial charge in [0.05, 0.1) is 13.2 Å². The third-order valence-corrected chi connectivity index (χ3v) is 3.83. The molecule has 0 spiro atoms. The van der Waals surface area contributed by atoms with Gasteiger partial charge in [-0.25, -0.2) is 0 Å². The molecule has 1 aromatic heterocycles. The van der Waals surface area contributed by atoms with E-state index in [1.165, 1.54) is 16.7 Å². The molecule has 0 N–H and O–H groups in total. The van der Waals surface area contributed by atoms with Crippen LogP contribution in [0.15, 0.2) is 47.2 Å². The van der Waals surface area contributed by atoms with Gasteiger partial charge in [0.15, 0.2) is 0 Å². The lowest BCUT2D eigenvalue weighted by atomic mass is 10.1. The lowest BCUT2D eigenvalue weighted by Crippen LogP contribution is -1.93. The standard InChI is InChI=1S/C15H15BrOS/c16-10-14-3-1-4-15(9-14)11-17-7-2-5-13-6-8-18-12-13/h1-6,8-9,12H,7,10-11H2/b5-2+. The first-order chi connectivity index (χ1) is 8.88. The fourth-order valence-electron chi connectivity index (χ4n) is 1.60. The van der Waals surface area contributed by atoms with E-state index in [-0.39, 0.29) is 0 Å². The molecule has 0 bridgehead atoms. The van der Waals surface area contributed by atoms with Crippen LogP contribution >= 0.6 is 27.3 Å². The highest BCUT2D eigenvalue weighted by molar-refractivity contribution is 9.08. The summed E-state index contributed by atoms with van der Waals surface area (Å²) in [4.78, 5) is 0. The molecule has 0 saturated heterocycles. The first kappa shape index (κ1) is 13.5. The van der Waals surface area contributed by atoms with E-state index in [2.05, 4.69) is 69.2 Å². The fraction of sp³-hybridized carbons (Fsp3) is 0.200. The largest absolute Gasteiger partial charge is 0.373 e. The van der Waals surface area contributed by atoms with Crippen molar-refractivity contribution in [2.24, 2.45) is 0 Å². The summed E-state index contributed by atoms with van der Waals surface area (Å²) in [5.41, 5.74) is 3.74. The van der Waals surface area contributed by atoms with Gasteiger partial charge < -0.3 is 4.74 Å². The molecule has 18 heavy (non-hydrogen) atoms. The molecule has 2 aromatic rings. The van der Waals surface area contributed by atoms with Crippen LogP contribution in [0.25, 0.3) is 6.08 Å². The Morgan fingerprint density at radius 1 is 1.22 bits per heavy atom. The van der Waals surface area contributed by atoms with E-state index in [1.807, 2.05) is 0 Å². The minimum absolute atomic E-state index is 0.647. The third kappa shape index (κ3) is 4.41. The molecule has 0 atom stereocenters. The molecule has 0 fully saturated rings. The maximum absolute atomic E-state index is 5.62. The van der Waals surface area contributed by atoms with E-state index in [9.17, 15) is 0 Å². The predicted molar refractivity (Wildman–Crippen MR) is 82.1 cm³/mol. The SMILES string of the molecule is BrCc1cccc(COC/C=C/c2ccsc2)c1. The number of benzene rings is 1. The van der Waals surface area contributed by atoms with Gasteiger partial charge in [0.25, 0.3) is 0 Å². The van der Waals surface area contributed by atoms with E-state index < -0.39 is 0 Å². The van der Waals surface area contributed by atoms with E-state index >= 15 is 0 Å². The van der Waals surface area contributed by atoms with Gasteiger partial charge in [-0.15, -0.1) is 0 Å². The molecule has 0 aliphatic rings. The first-order valence-corrected chi connectivity index (χ1v) is 7.85. The average Bonchev–Trinajstić information content (AvgIpc) is 2.92. The summed E-state index contributed by atoms with van der Waals surface area (Å²) < 4.78 is 5.62. The van der Waals surface area contributed by atoms with Crippen LogP contribution in [0, 0.1) is 0 Å². The summed E-state index contributed by atoms with van der Waals surface area (Å²) in [6.45, 7) is 1.31. The average molecular weight is 323 g/mol. The van der Waals surface area contributed by atoms with Crippen LogP contribution in [0.5, 0.6) is 0 Å². The molecule has 1 nitrogen and oxygen atoms in total. The van der Waals surface area contributed by atoms with Crippen molar-refractivity contribution in [3.8, 4) is 0 Å². The summed E-state index contributed by atoms with van der Waals surface area (Å²) in [5, 5.41) is 5.08. The summed E-state index contributed by atoms with van der Waals surface area (Å²) in [6, 6.07) is 10.5. The number of hydrogen-bond acceptors (Lipinski definition) is 2. The molecular weight excluding hydrogens is 308 g/mol. The molecule has 0 amide bonds. The molecule has 0 aliphatic heterocycles. The van der Waals surface area contributed by atoms with Gasteiger partial charge >= 0.3 is 0 Å². The summed E-state index contributed by atoms with van der Waals surface area (Å²) in [5.74, 6) is 0. The monoisotopic (exact) mass is 322 g/mol. The Labute approximate surface area is 120 Å². The maximum atomic E-state index is 5.62. The van der Waals surface area contributed by atoms with Gasteiger partial charge in [-0.05, 0) is 33.5 Å². The van der Waals surface area contributed by atoms with Crippen molar-refractivity contribution in [1.82, 2.24) is 0 Å². The topological polar surface area (TPSA) is 9.23 Å². The smallest absolute Gasteiger partial charge is 0.0721 e. The Bertz CT molecular complexity index is 491. The van der Waals surface area contributed by atoms with Crippen molar-refractivity contribution in [3.63, 3.8) is 0 Å². The van der Waals surface area contributed by atoms with Gasteiger partial charge in [-0.3, -0.25) is 0 Å². The molecule has 94 valence electrons. The highest BCUT2D eigenvalue weighted by Gasteiger charge is 1.94. The molecule has 1 heterocycles. The summed E-state index contributed by atoms with van der Waals surface area (Å²) >= 11 is 5.16. The van der Waals surface area contributed by atoms with Crippen LogP contribution in [0.2, 0.25) is 0 Å². The molecular formula is C15H15BrOS. The highest BCUT2D eigenvalue weighted by Crippen LogP contribution is 2.10. The normalized spacial score (nSPS) is 11.2. The number of halogens is 1. The number of hydrogen-bond donors (Lipinski definition) is 0. The summed E-state index contributed by atoms with van der Waals surface area (Å²) in [6.07, 6.45) is 4.14.